The fourth-order valence-corrected chi connectivity index (χ4v) is 8.82. The predicted octanol–water partition coefficient (Wildman–Crippen LogP) is 4.29. The van der Waals surface area contributed by atoms with Crippen molar-refractivity contribution in [1.29, 1.82) is 0 Å². The van der Waals surface area contributed by atoms with E-state index < -0.39 is 24.1 Å². The quantitative estimate of drug-likeness (QED) is 0.177. The number of esters is 2. The summed E-state index contributed by atoms with van der Waals surface area (Å²) < 4.78 is 34.1. The van der Waals surface area contributed by atoms with Gasteiger partial charge in [-0.2, -0.15) is 0 Å². The molecule has 2 aliphatic heterocycles. The topological polar surface area (TPSA) is 89.5 Å². The van der Waals surface area contributed by atoms with Crippen LogP contribution in [0.15, 0.2) is 49.6 Å². The molecule has 2 heterocycles. The van der Waals surface area contributed by atoms with Crippen molar-refractivity contribution < 1.29 is 38.0 Å². The van der Waals surface area contributed by atoms with E-state index in [9.17, 15) is 9.59 Å². The lowest BCUT2D eigenvalue weighted by Crippen LogP contribution is -2.31. The fraction of sp³-hybridized carbons (Fsp3) is 0.538. The van der Waals surface area contributed by atoms with Gasteiger partial charge in [0.15, 0.2) is 12.2 Å². The zero-order chi connectivity index (χ0) is 27.0. The molecule has 38 heavy (non-hydrogen) atoms. The number of benzene rings is 1. The van der Waals surface area contributed by atoms with Crippen LogP contribution in [-0.2, 0) is 28.5 Å². The summed E-state index contributed by atoms with van der Waals surface area (Å²) in [4.78, 5) is 23.5. The SMILES string of the molecule is C=CC(=O)OC(COCC1CSCS1)COc1cccc(OCC(COCC2CSCS2)OC(=O)C=C)c1. The van der Waals surface area contributed by atoms with Crippen molar-refractivity contribution >= 4 is 59.0 Å². The summed E-state index contributed by atoms with van der Waals surface area (Å²) in [5, 5.41) is 3.05. The van der Waals surface area contributed by atoms with Crippen molar-refractivity contribution in [3.63, 3.8) is 0 Å². The molecule has 12 heteroatoms. The van der Waals surface area contributed by atoms with E-state index in [1.165, 1.54) is 0 Å². The molecule has 0 amide bonds. The molecule has 0 spiro atoms. The maximum absolute atomic E-state index is 11.8. The Kier molecular flexibility index (Phi) is 14.7. The van der Waals surface area contributed by atoms with E-state index in [1.807, 2.05) is 47.0 Å². The van der Waals surface area contributed by atoms with Gasteiger partial charge in [0.1, 0.15) is 24.7 Å². The van der Waals surface area contributed by atoms with Gasteiger partial charge in [-0.05, 0) is 12.1 Å². The molecule has 0 saturated carbocycles. The van der Waals surface area contributed by atoms with Crippen LogP contribution in [0, 0.1) is 0 Å². The zero-order valence-corrected chi connectivity index (χ0v) is 24.4. The van der Waals surface area contributed by atoms with Crippen molar-refractivity contribution in [2.24, 2.45) is 0 Å². The molecule has 2 fully saturated rings. The van der Waals surface area contributed by atoms with Crippen LogP contribution in [-0.4, -0.2) is 96.0 Å². The van der Waals surface area contributed by atoms with Crippen LogP contribution < -0.4 is 9.47 Å². The molecule has 1 aromatic carbocycles. The smallest absolute Gasteiger partial charge is 0.330 e. The van der Waals surface area contributed by atoms with Gasteiger partial charge in [0.25, 0.3) is 0 Å². The normalized spacial score (nSPS) is 20.3. The monoisotopic (exact) mass is 602 g/mol. The third-order valence-corrected chi connectivity index (χ3v) is 10.8. The summed E-state index contributed by atoms with van der Waals surface area (Å²) in [6, 6.07) is 7.07. The minimum absolute atomic E-state index is 0.112. The first-order chi connectivity index (χ1) is 18.6. The van der Waals surface area contributed by atoms with Crippen molar-refractivity contribution in [2.45, 2.75) is 22.7 Å². The van der Waals surface area contributed by atoms with E-state index in [4.69, 9.17) is 28.4 Å². The Morgan fingerprint density at radius 3 is 1.68 bits per heavy atom. The van der Waals surface area contributed by atoms with Gasteiger partial charge >= 0.3 is 11.9 Å². The highest BCUT2D eigenvalue weighted by Crippen LogP contribution is 2.30. The summed E-state index contributed by atoms with van der Waals surface area (Å²) in [7, 11) is 0. The number of ether oxygens (including phenoxy) is 6. The summed E-state index contributed by atoms with van der Waals surface area (Å²) in [6.45, 7) is 8.79. The van der Waals surface area contributed by atoms with Crippen LogP contribution >= 0.6 is 47.0 Å². The molecule has 4 unspecified atom stereocenters. The van der Waals surface area contributed by atoms with Crippen LogP contribution in [0.4, 0.5) is 0 Å². The van der Waals surface area contributed by atoms with E-state index in [1.54, 1.807) is 24.3 Å². The van der Waals surface area contributed by atoms with Crippen LogP contribution in [0.3, 0.4) is 0 Å². The molecule has 2 aliphatic rings. The largest absolute Gasteiger partial charge is 0.489 e. The first kappa shape index (κ1) is 31.1. The molecule has 1 aromatic rings. The number of hydrogen-bond acceptors (Lipinski definition) is 12. The van der Waals surface area contributed by atoms with Crippen molar-refractivity contribution in [2.75, 3.05) is 61.3 Å². The van der Waals surface area contributed by atoms with E-state index in [2.05, 4.69) is 13.2 Å². The lowest BCUT2D eigenvalue weighted by molar-refractivity contribution is -0.148. The van der Waals surface area contributed by atoms with Gasteiger partial charge in [0, 0.05) is 50.4 Å². The molecule has 210 valence electrons. The molecule has 0 aliphatic carbocycles. The molecular weight excluding hydrogens is 569 g/mol. The highest BCUT2D eigenvalue weighted by Gasteiger charge is 2.21. The van der Waals surface area contributed by atoms with Crippen molar-refractivity contribution in [3.8, 4) is 11.5 Å². The second-order valence-electron chi connectivity index (χ2n) is 8.25. The number of hydrogen-bond donors (Lipinski definition) is 0. The Balaban J connectivity index is 1.47. The lowest BCUT2D eigenvalue weighted by atomic mass is 10.3. The summed E-state index contributed by atoms with van der Waals surface area (Å²) in [5.41, 5.74) is 0. The molecule has 4 atom stereocenters. The van der Waals surface area contributed by atoms with Gasteiger partial charge < -0.3 is 28.4 Å². The highest BCUT2D eigenvalue weighted by molar-refractivity contribution is 8.19. The third kappa shape index (κ3) is 12.2. The zero-order valence-electron chi connectivity index (χ0n) is 21.2. The van der Waals surface area contributed by atoms with Crippen LogP contribution in [0.1, 0.15) is 0 Å². The first-order valence-corrected chi connectivity index (χ1v) is 16.5. The van der Waals surface area contributed by atoms with Gasteiger partial charge in [-0.25, -0.2) is 9.59 Å². The first-order valence-electron chi connectivity index (χ1n) is 12.1. The summed E-state index contributed by atoms with van der Waals surface area (Å²) in [5.74, 6) is 2.14. The Bertz CT molecular complexity index is 823. The molecule has 2 saturated heterocycles. The lowest BCUT2D eigenvalue weighted by Gasteiger charge is -2.20. The van der Waals surface area contributed by atoms with E-state index in [0.717, 1.165) is 33.8 Å². The average Bonchev–Trinajstić information content (AvgIpc) is 3.65. The maximum atomic E-state index is 11.8. The third-order valence-electron chi connectivity index (χ3n) is 5.17. The summed E-state index contributed by atoms with van der Waals surface area (Å²) in [6.07, 6.45) is 1.08. The maximum Gasteiger partial charge on any atom is 0.330 e. The number of rotatable bonds is 18. The van der Waals surface area contributed by atoms with E-state index >= 15 is 0 Å². The standard InChI is InChI=1S/C26H34O8S4/c1-3-25(27)33-21(9-29-13-23-15-35-17-37-23)11-31-19-6-5-7-20(8-19)32-12-22(34-26(28)4-2)10-30-14-24-16-36-18-38-24/h3-8,21-24H,1-2,9-18H2. The second kappa shape index (κ2) is 18.0. The molecular formula is C26H34O8S4. The van der Waals surface area contributed by atoms with Crippen LogP contribution in [0.2, 0.25) is 0 Å². The van der Waals surface area contributed by atoms with Gasteiger partial charge in [-0.15, -0.1) is 47.0 Å². The van der Waals surface area contributed by atoms with Gasteiger partial charge in [0.2, 0.25) is 0 Å². The van der Waals surface area contributed by atoms with E-state index in [-0.39, 0.29) is 26.4 Å². The van der Waals surface area contributed by atoms with Gasteiger partial charge in [0.05, 0.1) is 26.4 Å². The number of thioether (sulfide) groups is 4. The molecule has 3 rings (SSSR count). The highest BCUT2D eigenvalue weighted by atomic mass is 32.2. The fourth-order valence-electron chi connectivity index (χ4n) is 3.29. The number of carbonyl (C=O) groups excluding carboxylic acids is 2. The Morgan fingerprint density at radius 1 is 0.816 bits per heavy atom. The predicted molar refractivity (Wildman–Crippen MR) is 157 cm³/mol. The molecule has 0 bridgehead atoms. The minimum atomic E-state index is -0.583. The van der Waals surface area contributed by atoms with Crippen LogP contribution in [0.25, 0.3) is 0 Å². The molecule has 0 N–H and O–H groups in total. The van der Waals surface area contributed by atoms with Gasteiger partial charge in [-0.3, -0.25) is 0 Å². The Hall–Kier alpha value is -1.44. The van der Waals surface area contributed by atoms with Crippen molar-refractivity contribution in [3.05, 3.63) is 49.6 Å². The Labute approximate surface area is 241 Å². The second-order valence-corrected chi connectivity index (χ2v) is 13.6. The molecule has 0 aromatic heterocycles. The van der Waals surface area contributed by atoms with Crippen LogP contribution in [0.5, 0.6) is 11.5 Å². The molecule has 0 radical (unpaired) electrons. The van der Waals surface area contributed by atoms with E-state index in [0.29, 0.717) is 35.2 Å². The Morgan fingerprint density at radius 2 is 1.29 bits per heavy atom. The minimum Gasteiger partial charge on any atom is -0.489 e. The number of carbonyl (C=O) groups is 2. The van der Waals surface area contributed by atoms with Crippen molar-refractivity contribution in [1.82, 2.24) is 0 Å². The summed E-state index contributed by atoms with van der Waals surface area (Å²) >= 11 is 7.53. The van der Waals surface area contributed by atoms with Gasteiger partial charge in [-0.1, -0.05) is 19.2 Å². The molecule has 8 nitrogen and oxygen atoms in total. The average molecular weight is 603 g/mol.